The van der Waals surface area contributed by atoms with Gasteiger partial charge >= 0.3 is 0 Å². The molecule has 0 aliphatic carbocycles. The maximum absolute atomic E-state index is 12.3. The molecule has 0 unspecified atom stereocenters. The van der Waals surface area contributed by atoms with Crippen LogP contribution in [0.15, 0.2) is 83.3 Å². The van der Waals surface area contributed by atoms with Crippen molar-refractivity contribution < 1.29 is 9.72 Å². The maximum atomic E-state index is 12.3. The van der Waals surface area contributed by atoms with E-state index in [0.29, 0.717) is 11.1 Å². The number of hydrazone groups is 1. The van der Waals surface area contributed by atoms with Gasteiger partial charge in [-0.3, -0.25) is 14.9 Å². The monoisotopic (exact) mass is 457 g/mol. The third kappa shape index (κ3) is 5.66. The summed E-state index contributed by atoms with van der Waals surface area (Å²) >= 11 is 1.50. The Bertz CT molecular complexity index is 1310. The van der Waals surface area contributed by atoms with Gasteiger partial charge in [-0.15, -0.1) is 11.3 Å². The molecule has 1 amide bonds. The average Bonchev–Trinajstić information content (AvgIpc) is 3.29. The number of anilines is 2. The van der Waals surface area contributed by atoms with Crippen LogP contribution in [0.2, 0.25) is 0 Å². The zero-order valence-corrected chi connectivity index (χ0v) is 18.4. The predicted octanol–water partition coefficient (Wildman–Crippen LogP) is 5.53. The molecule has 1 heterocycles. The molecule has 4 aromatic rings. The molecule has 33 heavy (non-hydrogen) atoms. The van der Waals surface area contributed by atoms with Gasteiger partial charge in [0.2, 0.25) is 0 Å². The van der Waals surface area contributed by atoms with Gasteiger partial charge < -0.3 is 5.32 Å². The summed E-state index contributed by atoms with van der Waals surface area (Å²) in [5.41, 5.74) is 7.20. The second-order valence-electron chi connectivity index (χ2n) is 7.16. The summed E-state index contributed by atoms with van der Waals surface area (Å²) in [4.78, 5) is 27.3. The molecular formula is C24H19N5O3S. The number of rotatable bonds is 7. The summed E-state index contributed by atoms with van der Waals surface area (Å²) in [6.07, 6.45) is 1.36. The van der Waals surface area contributed by atoms with Gasteiger partial charge in [0.25, 0.3) is 11.6 Å². The van der Waals surface area contributed by atoms with Gasteiger partial charge in [-0.2, -0.15) is 5.10 Å². The highest BCUT2D eigenvalue weighted by atomic mass is 32.1. The van der Waals surface area contributed by atoms with Crippen molar-refractivity contribution in [3.05, 3.63) is 105 Å². The van der Waals surface area contributed by atoms with Crippen LogP contribution >= 0.6 is 11.3 Å². The number of amides is 1. The van der Waals surface area contributed by atoms with Gasteiger partial charge in [0, 0.05) is 39.9 Å². The molecule has 164 valence electrons. The molecule has 0 aliphatic heterocycles. The van der Waals surface area contributed by atoms with Crippen molar-refractivity contribution >= 4 is 40.0 Å². The Balaban J connectivity index is 1.37. The number of carbonyl (C=O) groups excluding carboxylic acids is 1. The molecule has 0 radical (unpaired) electrons. The average molecular weight is 458 g/mol. The van der Waals surface area contributed by atoms with E-state index >= 15 is 0 Å². The van der Waals surface area contributed by atoms with E-state index in [-0.39, 0.29) is 11.6 Å². The van der Waals surface area contributed by atoms with E-state index in [1.165, 1.54) is 35.2 Å². The molecule has 0 spiro atoms. The number of aryl methyl sites for hydroxylation is 1. The number of nitrogens with one attached hydrogen (secondary N) is 2. The third-order valence-corrected chi connectivity index (χ3v) is 5.47. The zero-order valence-electron chi connectivity index (χ0n) is 17.6. The molecule has 4 rings (SSSR count). The SMILES string of the molecule is Cc1ccc(Nc2nc(-c3ccc(C(=O)N/N=C\c4cccc([N+](=O)[O-])c4)cc3)cs2)cc1. The normalized spacial score (nSPS) is 10.8. The number of nitrogens with zero attached hydrogens (tertiary/aromatic N) is 3. The van der Waals surface area contributed by atoms with Crippen molar-refractivity contribution in [1.82, 2.24) is 10.4 Å². The zero-order chi connectivity index (χ0) is 23.2. The lowest BCUT2D eigenvalue weighted by molar-refractivity contribution is -0.384. The van der Waals surface area contributed by atoms with Crippen molar-refractivity contribution in [1.29, 1.82) is 0 Å². The quantitative estimate of drug-likeness (QED) is 0.215. The lowest BCUT2D eigenvalue weighted by Gasteiger charge is -2.03. The second kappa shape index (κ2) is 9.84. The Morgan fingerprint density at radius 1 is 1.09 bits per heavy atom. The van der Waals surface area contributed by atoms with E-state index in [0.717, 1.165) is 22.1 Å². The van der Waals surface area contributed by atoms with Crippen LogP contribution in [0.5, 0.6) is 0 Å². The molecule has 0 saturated carbocycles. The molecule has 0 bridgehead atoms. The highest BCUT2D eigenvalue weighted by Gasteiger charge is 2.09. The summed E-state index contributed by atoms with van der Waals surface area (Å²) in [6, 6.07) is 21.1. The molecule has 1 aromatic heterocycles. The number of benzene rings is 3. The minimum Gasteiger partial charge on any atom is -0.332 e. The first-order valence-electron chi connectivity index (χ1n) is 9.95. The fraction of sp³-hybridized carbons (Fsp3) is 0.0417. The summed E-state index contributed by atoms with van der Waals surface area (Å²) in [5, 5.41) is 20.7. The Morgan fingerprint density at radius 3 is 2.58 bits per heavy atom. The van der Waals surface area contributed by atoms with Crippen LogP contribution in [0.3, 0.4) is 0 Å². The molecule has 3 aromatic carbocycles. The van der Waals surface area contributed by atoms with E-state index in [4.69, 9.17) is 0 Å². The minimum absolute atomic E-state index is 0.0415. The van der Waals surface area contributed by atoms with Gasteiger partial charge in [-0.05, 0) is 31.2 Å². The first-order chi connectivity index (χ1) is 16.0. The number of nitro groups is 1. The number of nitro benzene ring substituents is 1. The van der Waals surface area contributed by atoms with Crippen LogP contribution in [0.1, 0.15) is 21.5 Å². The molecule has 0 saturated heterocycles. The largest absolute Gasteiger partial charge is 0.332 e. The lowest BCUT2D eigenvalue weighted by atomic mass is 10.1. The molecule has 2 N–H and O–H groups in total. The highest BCUT2D eigenvalue weighted by Crippen LogP contribution is 2.27. The van der Waals surface area contributed by atoms with Crippen molar-refractivity contribution in [2.24, 2.45) is 5.10 Å². The van der Waals surface area contributed by atoms with Crippen LogP contribution < -0.4 is 10.7 Å². The third-order valence-electron chi connectivity index (χ3n) is 4.71. The molecule has 0 atom stereocenters. The Morgan fingerprint density at radius 2 is 1.85 bits per heavy atom. The molecule has 8 nitrogen and oxygen atoms in total. The molecule has 9 heteroatoms. The smallest absolute Gasteiger partial charge is 0.271 e. The summed E-state index contributed by atoms with van der Waals surface area (Å²) < 4.78 is 0. The second-order valence-corrected chi connectivity index (χ2v) is 8.02. The number of hydrogen-bond acceptors (Lipinski definition) is 7. The number of non-ortho nitro benzene ring substituents is 1. The Hall–Kier alpha value is -4.37. The van der Waals surface area contributed by atoms with Crippen molar-refractivity contribution in [3.8, 4) is 11.3 Å². The lowest BCUT2D eigenvalue weighted by Crippen LogP contribution is -2.17. The van der Waals surface area contributed by atoms with Crippen molar-refractivity contribution in [2.45, 2.75) is 6.92 Å². The van der Waals surface area contributed by atoms with E-state index < -0.39 is 4.92 Å². The standard InChI is InChI=1S/C24H19N5O3S/c1-16-5-11-20(12-6-16)26-24-27-22(15-33-24)18-7-9-19(10-8-18)23(30)28-25-14-17-3-2-4-21(13-17)29(31)32/h2-15H,1H3,(H,26,27)(H,28,30)/b25-14-. The molecular weight excluding hydrogens is 438 g/mol. The summed E-state index contributed by atoms with van der Waals surface area (Å²) in [7, 11) is 0. The number of thiazole rings is 1. The van der Waals surface area contributed by atoms with E-state index in [1.807, 2.05) is 48.7 Å². The summed E-state index contributed by atoms with van der Waals surface area (Å²) in [5.74, 6) is -0.386. The number of carbonyl (C=O) groups is 1. The first kappa shape index (κ1) is 21.8. The van der Waals surface area contributed by atoms with Gasteiger partial charge in [-0.25, -0.2) is 10.4 Å². The van der Waals surface area contributed by atoms with Gasteiger partial charge in [-0.1, -0.05) is 42.0 Å². The minimum atomic E-state index is -0.485. The van der Waals surface area contributed by atoms with Gasteiger partial charge in [0.15, 0.2) is 5.13 Å². The number of aromatic nitrogens is 1. The van der Waals surface area contributed by atoms with Crippen LogP contribution in [-0.2, 0) is 0 Å². The van der Waals surface area contributed by atoms with E-state index in [2.05, 4.69) is 20.8 Å². The van der Waals surface area contributed by atoms with Crippen LogP contribution in [0.4, 0.5) is 16.5 Å². The Kier molecular flexibility index (Phi) is 6.51. The number of hydrogen-bond donors (Lipinski definition) is 2. The molecule has 0 aliphatic rings. The maximum Gasteiger partial charge on any atom is 0.271 e. The van der Waals surface area contributed by atoms with Crippen LogP contribution in [-0.4, -0.2) is 22.0 Å². The summed E-state index contributed by atoms with van der Waals surface area (Å²) in [6.45, 7) is 2.04. The topological polar surface area (TPSA) is 110 Å². The Labute approximate surface area is 193 Å². The van der Waals surface area contributed by atoms with Crippen molar-refractivity contribution in [2.75, 3.05) is 5.32 Å². The highest BCUT2D eigenvalue weighted by molar-refractivity contribution is 7.14. The van der Waals surface area contributed by atoms with Crippen LogP contribution in [0, 0.1) is 17.0 Å². The van der Waals surface area contributed by atoms with Gasteiger partial charge in [0.1, 0.15) is 0 Å². The van der Waals surface area contributed by atoms with E-state index in [9.17, 15) is 14.9 Å². The van der Waals surface area contributed by atoms with Gasteiger partial charge in [0.05, 0.1) is 16.8 Å². The van der Waals surface area contributed by atoms with Crippen LogP contribution in [0.25, 0.3) is 11.3 Å². The van der Waals surface area contributed by atoms with Crippen molar-refractivity contribution in [3.63, 3.8) is 0 Å². The fourth-order valence-corrected chi connectivity index (χ4v) is 3.70. The van der Waals surface area contributed by atoms with E-state index in [1.54, 1.807) is 24.3 Å². The molecule has 0 fully saturated rings. The first-order valence-corrected chi connectivity index (χ1v) is 10.8. The fourth-order valence-electron chi connectivity index (χ4n) is 2.97. The predicted molar refractivity (Wildman–Crippen MR) is 130 cm³/mol.